The summed E-state index contributed by atoms with van der Waals surface area (Å²) in [5.41, 5.74) is 2.71. The molecule has 3 nitrogen and oxygen atoms in total. The summed E-state index contributed by atoms with van der Waals surface area (Å²) in [6, 6.07) is 8.45. The van der Waals surface area contributed by atoms with Crippen LogP contribution in [0.25, 0.3) is 0 Å². The van der Waals surface area contributed by atoms with E-state index in [4.69, 9.17) is 4.74 Å². The van der Waals surface area contributed by atoms with Crippen LogP contribution in [0.5, 0.6) is 0 Å². The Morgan fingerprint density at radius 1 is 1.50 bits per heavy atom. The molecule has 0 fully saturated rings. The number of fused-ring (bicyclic) bond motifs is 1. The van der Waals surface area contributed by atoms with Crippen LogP contribution in [-0.2, 0) is 16.0 Å². The van der Waals surface area contributed by atoms with E-state index in [1.165, 1.54) is 11.1 Å². The zero-order valence-corrected chi connectivity index (χ0v) is 11.6. The zero-order chi connectivity index (χ0) is 12.3. The van der Waals surface area contributed by atoms with Crippen molar-refractivity contribution in [3.8, 4) is 0 Å². The Bertz CT molecular complexity index is 409. The van der Waals surface area contributed by atoms with Gasteiger partial charge >= 0.3 is 5.97 Å². The zero-order valence-electron chi connectivity index (χ0n) is 10.8. The number of ether oxygens (including phenoxy) is 1. The fraction of sp³-hybridized carbons (Fsp3) is 0.500. The summed E-state index contributed by atoms with van der Waals surface area (Å²) < 4.78 is 5.00. The van der Waals surface area contributed by atoms with E-state index in [2.05, 4.69) is 23.5 Å². The van der Waals surface area contributed by atoms with Gasteiger partial charge in [0.15, 0.2) is 0 Å². The number of aryl methyl sites for hydroxylation is 1. The van der Waals surface area contributed by atoms with Crippen LogP contribution in [0.1, 0.15) is 37.4 Å². The number of hydrogen-bond acceptors (Lipinski definition) is 3. The van der Waals surface area contributed by atoms with Crippen molar-refractivity contribution in [2.45, 2.75) is 38.8 Å². The first-order valence-electron chi connectivity index (χ1n) is 6.23. The second kappa shape index (κ2) is 6.76. The van der Waals surface area contributed by atoms with Crippen LogP contribution in [0.2, 0.25) is 0 Å². The Morgan fingerprint density at radius 3 is 2.94 bits per heavy atom. The predicted molar refractivity (Wildman–Crippen MR) is 74.0 cm³/mol. The molecule has 1 aliphatic rings. The molecule has 1 N–H and O–H groups in total. The second-order valence-electron chi connectivity index (χ2n) is 4.43. The highest BCUT2D eigenvalue weighted by Gasteiger charge is 2.25. The molecule has 1 aromatic carbocycles. The normalized spacial score (nSPS) is 18.7. The van der Waals surface area contributed by atoms with Gasteiger partial charge in [0.1, 0.15) is 6.04 Å². The number of halogens is 1. The smallest absolute Gasteiger partial charge is 0.322 e. The maximum Gasteiger partial charge on any atom is 0.322 e. The average molecular weight is 270 g/mol. The minimum absolute atomic E-state index is 0. The van der Waals surface area contributed by atoms with Crippen molar-refractivity contribution in [2.24, 2.45) is 0 Å². The molecule has 1 unspecified atom stereocenters. The van der Waals surface area contributed by atoms with Gasteiger partial charge < -0.3 is 4.74 Å². The standard InChI is InChI=1S/C14H19NO2.ClH/c1-3-17-14(16)10(2)15-13-9-8-11-6-4-5-7-12(11)13;/h4-7,10,13,15H,3,8-9H2,1-2H3;1H/t10-,13?;/m0./s1. The molecule has 0 radical (unpaired) electrons. The first-order valence-corrected chi connectivity index (χ1v) is 6.23. The largest absolute Gasteiger partial charge is 0.465 e. The van der Waals surface area contributed by atoms with Gasteiger partial charge in [-0.1, -0.05) is 24.3 Å². The van der Waals surface area contributed by atoms with Crippen molar-refractivity contribution in [1.82, 2.24) is 5.32 Å². The van der Waals surface area contributed by atoms with E-state index in [9.17, 15) is 4.79 Å². The number of hydrogen-bond donors (Lipinski definition) is 1. The van der Waals surface area contributed by atoms with Crippen LogP contribution in [-0.4, -0.2) is 18.6 Å². The lowest BCUT2D eigenvalue weighted by Gasteiger charge is -2.19. The minimum Gasteiger partial charge on any atom is -0.465 e. The van der Waals surface area contributed by atoms with E-state index in [-0.39, 0.29) is 30.5 Å². The molecule has 100 valence electrons. The first-order chi connectivity index (χ1) is 8.22. The van der Waals surface area contributed by atoms with Crippen LogP contribution in [0.15, 0.2) is 24.3 Å². The van der Waals surface area contributed by atoms with Crippen LogP contribution >= 0.6 is 12.4 Å². The van der Waals surface area contributed by atoms with Gasteiger partial charge in [-0.05, 0) is 37.8 Å². The van der Waals surface area contributed by atoms with Gasteiger partial charge in [-0.15, -0.1) is 12.4 Å². The van der Waals surface area contributed by atoms with Crippen LogP contribution in [0.3, 0.4) is 0 Å². The Balaban J connectivity index is 0.00000162. The van der Waals surface area contributed by atoms with Crippen LogP contribution in [0, 0.1) is 0 Å². The summed E-state index contributed by atoms with van der Waals surface area (Å²) in [6.07, 6.45) is 2.15. The fourth-order valence-corrected chi connectivity index (χ4v) is 2.37. The number of nitrogens with one attached hydrogen (secondary N) is 1. The van der Waals surface area contributed by atoms with Crippen molar-refractivity contribution in [1.29, 1.82) is 0 Å². The molecule has 0 aromatic heterocycles. The van der Waals surface area contributed by atoms with E-state index < -0.39 is 0 Å². The van der Waals surface area contributed by atoms with E-state index in [0.717, 1.165) is 12.8 Å². The van der Waals surface area contributed by atoms with E-state index >= 15 is 0 Å². The Morgan fingerprint density at radius 2 is 2.22 bits per heavy atom. The quantitative estimate of drug-likeness (QED) is 0.854. The number of benzene rings is 1. The Kier molecular flexibility index (Phi) is 5.63. The number of esters is 1. The SMILES string of the molecule is CCOC(=O)[C@H](C)NC1CCc2ccccc21.Cl. The average Bonchev–Trinajstić information content (AvgIpc) is 2.73. The monoisotopic (exact) mass is 269 g/mol. The van der Waals surface area contributed by atoms with Gasteiger partial charge in [0.25, 0.3) is 0 Å². The summed E-state index contributed by atoms with van der Waals surface area (Å²) in [5.74, 6) is -0.170. The van der Waals surface area contributed by atoms with E-state index in [1.807, 2.05) is 19.9 Å². The second-order valence-corrected chi connectivity index (χ2v) is 4.43. The maximum absolute atomic E-state index is 11.6. The van der Waals surface area contributed by atoms with Crippen molar-refractivity contribution >= 4 is 18.4 Å². The molecular weight excluding hydrogens is 250 g/mol. The first kappa shape index (κ1) is 15.0. The highest BCUT2D eigenvalue weighted by Crippen LogP contribution is 2.30. The molecule has 18 heavy (non-hydrogen) atoms. The van der Waals surface area contributed by atoms with E-state index in [0.29, 0.717) is 6.61 Å². The molecule has 4 heteroatoms. The fourth-order valence-electron chi connectivity index (χ4n) is 2.37. The molecule has 2 atom stereocenters. The summed E-state index contributed by atoms with van der Waals surface area (Å²) in [6.45, 7) is 4.13. The lowest BCUT2D eigenvalue weighted by molar-refractivity contribution is -0.145. The Hall–Kier alpha value is -1.06. The molecule has 0 bridgehead atoms. The van der Waals surface area contributed by atoms with Gasteiger partial charge in [0, 0.05) is 6.04 Å². The summed E-state index contributed by atoms with van der Waals surface area (Å²) in [7, 11) is 0. The van der Waals surface area contributed by atoms with E-state index in [1.54, 1.807) is 0 Å². The van der Waals surface area contributed by atoms with Gasteiger partial charge in [0.05, 0.1) is 6.61 Å². The predicted octanol–water partition coefficient (Wildman–Crippen LogP) is 2.64. The lowest BCUT2D eigenvalue weighted by atomic mass is 10.1. The third-order valence-electron chi connectivity index (χ3n) is 3.22. The van der Waals surface area contributed by atoms with Gasteiger partial charge in [0.2, 0.25) is 0 Å². The third-order valence-corrected chi connectivity index (χ3v) is 3.22. The topological polar surface area (TPSA) is 38.3 Å². The van der Waals surface area contributed by atoms with Crippen molar-refractivity contribution in [3.63, 3.8) is 0 Å². The molecule has 0 amide bonds. The van der Waals surface area contributed by atoms with Crippen molar-refractivity contribution in [3.05, 3.63) is 35.4 Å². The van der Waals surface area contributed by atoms with Crippen LogP contribution < -0.4 is 5.32 Å². The molecule has 0 spiro atoms. The van der Waals surface area contributed by atoms with Crippen molar-refractivity contribution in [2.75, 3.05) is 6.61 Å². The molecule has 2 rings (SSSR count). The molecule has 0 heterocycles. The summed E-state index contributed by atoms with van der Waals surface area (Å²) in [4.78, 5) is 11.6. The van der Waals surface area contributed by atoms with Gasteiger partial charge in [-0.3, -0.25) is 10.1 Å². The molecule has 1 aliphatic carbocycles. The Labute approximate surface area is 114 Å². The van der Waals surface area contributed by atoms with Crippen LogP contribution in [0.4, 0.5) is 0 Å². The summed E-state index contributed by atoms with van der Waals surface area (Å²) >= 11 is 0. The van der Waals surface area contributed by atoms with Crippen molar-refractivity contribution < 1.29 is 9.53 Å². The maximum atomic E-state index is 11.6. The third kappa shape index (κ3) is 3.24. The molecule has 0 aliphatic heterocycles. The highest BCUT2D eigenvalue weighted by atomic mass is 35.5. The molecule has 0 saturated heterocycles. The molecule has 1 aromatic rings. The van der Waals surface area contributed by atoms with Gasteiger partial charge in [-0.2, -0.15) is 0 Å². The number of carbonyl (C=O) groups excluding carboxylic acids is 1. The molecular formula is C14H20ClNO2. The number of rotatable bonds is 4. The molecule has 0 saturated carbocycles. The summed E-state index contributed by atoms with van der Waals surface area (Å²) in [5, 5.41) is 3.35. The number of carbonyl (C=O) groups is 1. The minimum atomic E-state index is -0.244. The lowest BCUT2D eigenvalue weighted by Crippen LogP contribution is -2.37. The van der Waals surface area contributed by atoms with Gasteiger partial charge in [-0.25, -0.2) is 0 Å². The highest BCUT2D eigenvalue weighted by molar-refractivity contribution is 5.85.